The highest BCUT2D eigenvalue weighted by Crippen LogP contribution is 2.35. The fourth-order valence-electron chi connectivity index (χ4n) is 3.55. The van der Waals surface area contributed by atoms with E-state index < -0.39 is 5.97 Å². The summed E-state index contributed by atoms with van der Waals surface area (Å²) in [6.07, 6.45) is 4.82. The number of nitrogens with zero attached hydrogens (tertiary/aromatic N) is 3. The third-order valence-electron chi connectivity index (χ3n) is 4.96. The Balaban J connectivity index is 1.63. The van der Waals surface area contributed by atoms with Crippen molar-refractivity contribution in [1.82, 2.24) is 9.88 Å². The zero-order chi connectivity index (χ0) is 18.8. The lowest BCUT2D eigenvalue weighted by Crippen LogP contribution is -2.36. The number of hydrogen-bond donors (Lipinski definition) is 1. The van der Waals surface area contributed by atoms with Gasteiger partial charge in [-0.2, -0.15) is 0 Å². The number of carboxylic acid groups (broad SMARTS) is 1. The van der Waals surface area contributed by atoms with Crippen molar-refractivity contribution in [2.75, 3.05) is 31.1 Å². The topological polar surface area (TPSA) is 83.0 Å². The number of ether oxygens (including phenoxy) is 1. The molecule has 0 aliphatic carbocycles. The average molecular weight is 367 g/mol. The van der Waals surface area contributed by atoms with Crippen molar-refractivity contribution in [3.05, 3.63) is 47.7 Å². The zero-order valence-corrected chi connectivity index (χ0v) is 14.9. The highest BCUT2D eigenvalue weighted by Gasteiger charge is 2.25. The second kappa shape index (κ2) is 7.26. The molecule has 1 aromatic heterocycles. The summed E-state index contributed by atoms with van der Waals surface area (Å²) in [5.74, 6) is 0.156. The number of carbonyl (C=O) groups is 2. The summed E-state index contributed by atoms with van der Waals surface area (Å²) < 4.78 is 5.74. The van der Waals surface area contributed by atoms with Gasteiger partial charge in [0.1, 0.15) is 6.61 Å². The minimum atomic E-state index is -0.972. The van der Waals surface area contributed by atoms with Gasteiger partial charge in [0.15, 0.2) is 11.6 Å². The number of amides is 1. The maximum atomic E-state index is 12.7. The number of fused-ring (bicyclic) bond motifs is 1. The van der Waals surface area contributed by atoms with Crippen LogP contribution in [0, 0.1) is 0 Å². The minimum absolute atomic E-state index is 0.0152. The largest absolute Gasteiger partial charge is 0.488 e. The van der Waals surface area contributed by atoms with Crippen LogP contribution < -0.4 is 9.64 Å². The molecule has 4 rings (SSSR count). The van der Waals surface area contributed by atoms with Gasteiger partial charge < -0.3 is 19.6 Å². The first-order valence-electron chi connectivity index (χ1n) is 9.16. The summed E-state index contributed by atoms with van der Waals surface area (Å²) in [6, 6.07) is 8.47. The first-order chi connectivity index (χ1) is 13.1. The molecule has 0 unspecified atom stereocenters. The Bertz CT molecular complexity index is 877. The first-order valence-corrected chi connectivity index (χ1v) is 9.16. The van der Waals surface area contributed by atoms with Crippen molar-refractivity contribution < 1.29 is 19.4 Å². The Morgan fingerprint density at radius 3 is 2.63 bits per heavy atom. The van der Waals surface area contributed by atoms with E-state index in [0.717, 1.165) is 31.6 Å². The predicted octanol–water partition coefficient (Wildman–Crippen LogP) is 2.94. The molecule has 1 N–H and O–H groups in total. The van der Waals surface area contributed by atoms with E-state index in [0.29, 0.717) is 30.3 Å². The van der Waals surface area contributed by atoms with Gasteiger partial charge in [0.2, 0.25) is 0 Å². The molecule has 2 aromatic rings. The number of carboxylic acids is 1. The van der Waals surface area contributed by atoms with Crippen molar-refractivity contribution in [3.63, 3.8) is 0 Å². The first kappa shape index (κ1) is 17.3. The van der Waals surface area contributed by atoms with Gasteiger partial charge in [-0.25, -0.2) is 9.78 Å². The van der Waals surface area contributed by atoms with Crippen molar-refractivity contribution >= 4 is 23.4 Å². The van der Waals surface area contributed by atoms with E-state index in [9.17, 15) is 14.7 Å². The maximum Gasteiger partial charge on any atom is 0.335 e. The van der Waals surface area contributed by atoms with Crippen LogP contribution in [0.3, 0.4) is 0 Å². The molecule has 0 saturated carbocycles. The van der Waals surface area contributed by atoms with Crippen molar-refractivity contribution in [3.8, 4) is 5.75 Å². The van der Waals surface area contributed by atoms with Gasteiger partial charge in [-0.15, -0.1) is 0 Å². The van der Waals surface area contributed by atoms with Crippen LogP contribution in [0.1, 0.15) is 40.0 Å². The van der Waals surface area contributed by atoms with E-state index in [1.165, 1.54) is 6.42 Å². The average Bonchev–Trinajstić information content (AvgIpc) is 2.73. The van der Waals surface area contributed by atoms with Crippen molar-refractivity contribution in [2.45, 2.75) is 19.3 Å². The number of aromatic carboxylic acids is 1. The van der Waals surface area contributed by atoms with E-state index in [2.05, 4.69) is 4.98 Å². The van der Waals surface area contributed by atoms with Gasteiger partial charge in [-0.1, -0.05) is 6.07 Å². The molecule has 0 bridgehead atoms. The Hall–Kier alpha value is -3.09. The Kier molecular flexibility index (Phi) is 4.66. The molecular weight excluding hydrogens is 346 g/mol. The molecule has 3 heterocycles. The number of piperidine rings is 1. The zero-order valence-electron chi connectivity index (χ0n) is 14.9. The second-order valence-electron chi connectivity index (χ2n) is 6.75. The van der Waals surface area contributed by atoms with Gasteiger partial charge in [-0.05, 0) is 43.5 Å². The summed E-state index contributed by atoms with van der Waals surface area (Å²) in [5.41, 5.74) is 1.48. The quantitative estimate of drug-likeness (QED) is 0.898. The lowest BCUT2D eigenvalue weighted by Gasteiger charge is -2.31. The molecule has 1 fully saturated rings. The van der Waals surface area contributed by atoms with Crippen molar-refractivity contribution in [2.24, 2.45) is 0 Å². The van der Waals surface area contributed by atoms with Crippen LogP contribution in [-0.4, -0.2) is 53.1 Å². The van der Waals surface area contributed by atoms with Crippen LogP contribution in [0.4, 0.5) is 11.5 Å². The molecule has 140 valence electrons. The van der Waals surface area contributed by atoms with Gasteiger partial charge in [0.05, 0.1) is 17.7 Å². The second-order valence-corrected chi connectivity index (χ2v) is 6.75. The molecule has 1 saturated heterocycles. The van der Waals surface area contributed by atoms with Gasteiger partial charge >= 0.3 is 5.97 Å². The number of pyridine rings is 1. The molecular formula is C20H21N3O4. The summed E-state index contributed by atoms with van der Waals surface area (Å²) >= 11 is 0. The van der Waals surface area contributed by atoms with Crippen LogP contribution in [-0.2, 0) is 0 Å². The van der Waals surface area contributed by atoms with Crippen LogP contribution >= 0.6 is 0 Å². The minimum Gasteiger partial charge on any atom is -0.488 e. The number of aromatic nitrogens is 1. The number of likely N-dealkylation sites (tertiary alicyclic amines) is 1. The fourth-order valence-corrected chi connectivity index (χ4v) is 3.55. The van der Waals surface area contributed by atoms with E-state index in [1.54, 1.807) is 30.5 Å². The monoisotopic (exact) mass is 367 g/mol. The van der Waals surface area contributed by atoms with Gasteiger partial charge in [-0.3, -0.25) is 4.79 Å². The Morgan fingerprint density at radius 2 is 1.85 bits per heavy atom. The van der Waals surface area contributed by atoms with Gasteiger partial charge in [0.25, 0.3) is 5.91 Å². The maximum absolute atomic E-state index is 12.7. The SMILES string of the molecule is O=C(O)c1cccc(N2CCOc3cc(C(=O)N4CCCCC4)cnc32)c1. The lowest BCUT2D eigenvalue weighted by molar-refractivity contribution is 0.0694. The Labute approximate surface area is 157 Å². The summed E-state index contributed by atoms with van der Waals surface area (Å²) in [6.45, 7) is 2.56. The number of benzene rings is 1. The molecule has 7 heteroatoms. The molecule has 2 aliphatic rings. The van der Waals surface area contributed by atoms with Crippen LogP contribution in [0.5, 0.6) is 5.75 Å². The number of hydrogen-bond acceptors (Lipinski definition) is 5. The molecule has 2 aliphatic heterocycles. The third kappa shape index (κ3) is 3.45. The van der Waals surface area contributed by atoms with Crippen LogP contribution in [0.2, 0.25) is 0 Å². The third-order valence-corrected chi connectivity index (χ3v) is 4.96. The number of rotatable bonds is 3. The Morgan fingerprint density at radius 1 is 1.04 bits per heavy atom. The van der Waals surface area contributed by atoms with Gasteiger partial charge in [0, 0.05) is 25.0 Å². The number of carbonyl (C=O) groups excluding carboxylic acids is 1. The predicted molar refractivity (Wildman–Crippen MR) is 99.9 cm³/mol. The lowest BCUT2D eigenvalue weighted by atomic mass is 10.1. The van der Waals surface area contributed by atoms with Crippen LogP contribution in [0.15, 0.2) is 36.5 Å². The molecule has 0 atom stereocenters. The highest BCUT2D eigenvalue weighted by atomic mass is 16.5. The van der Waals surface area contributed by atoms with E-state index in [4.69, 9.17) is 4.74 Å². The van der Waals surface area contributed by atoms with Crippen LogP contribution in [0.25, 0.3) is 0 Å². The fraction of sp³-hybridized carbons (Fsp3) is 0.350. The van der Waals surface area contributed by atoms with Crippen molar-refractivity contribution in [1.29, 1.82) is 0 Å². The summed E-state index contributed by atoms with van der Waals surface area (Å²) in [5, 5.41) is 9.22. The molecule has 7 nitrogen and oxygen atoms in total. The molecule has 0 radical (unpaired) electrons. The summed E-state index contributed by atoms with van der Waals surface area (Å²) in [7, 11) is 0. The molecule has 1 amide bonds. The number of anilines is 2. The van der Waals surface area contributed by atoms with E-state index >= 15 is 0 Å². The summed E-state index contributed by atoms with van der Waals surface area (Å²) in [4.78, 5) is 32.2. The standard InChI is InChI=1S/C20H21N3O4/c24-19(22-7-2-1-3-8-22)15-12-17-18(21-13-15)23(9-10-27-17)16-6-4-5-14(11-16)20(25)26/h4-6,11-13H,1-3,7-10H2,(H,25,26). The smallest absolute Gasteiger partial charge is 0.335 e. The highest BCUT2D eigenvalue weighted by molar-refractivity contribution is 5.95. The normalized spacial score (nSPS) is 16.4. The molecule has 27 heavy (non-hydrogen) atoms. The molecule has 0 spiro atoms. The van der Waals surface area contributed by atoms with E-state index in [-0.39, 0.29) is 11.5 Å². The molecule has 1 aromatic carbocycles. The van der Waals surface area contributed by atoms with E-state index in [1.807, 2.05) is 15.9 Å².